The minimum absolute atomic E-state index is 0.0373. The SMILES string of the molecule is COc1cccc2c(NCCC(=O)NC(C)C)nccc12. The van der Waals surface area contributed by atoms with Crippen LogP contribution >= 0.6 is 0 Å². The van der Waals surface area contributed by atoms with Gasteiger partial charge >= 0.3 is 0 Å². The molecule has 0 aliphatic heterocycles. The third-order valence-corrected chi connectivity index (χ3v) is 3.08. The van der Waals surface area contributed by atoms with Crippen LogP contribution in [0.1, 0.15) is 20.3 Å². The highest BCUT2D eigenvalue weighted by molar-refractivity contribution is 5.95. The lowest BCUT2D eigenvalue weighted by Crippen LogP contribution is -2.31. The second-order valence-electron chi connectivity index (χ2n) is 5.11. The van der Waals surface area contributed by atoms with Crippen LogP contribution in [0, 0.1) is 0 Å². The summed E-state index contributed by atoms with van der Waals surface area (Å²) >= 11 is 0. The van der Waals surface area contributed by atoms with Crippen LogP contribution in [0.5, 0.6) is 5.75 Å². The Hall–Kier alpha value is -2.30. The number of rotatable bonds is 6. The fourth-order valence-electron chi connectivity index (χ4n) is 2.19. The first-order valence-electron chi connectivity index (χ1n) is 7.06. The maximum absolute atomic E-state index is 11.6. The first-order valence-corrected chi connectivity index (χ1v) is 7.06. The quantitative estimate of drug-likeness (QED) is 0.857. The van der Waals surface area contributed by atoms with E-state index >= 15 is 0 Å². The number of methoxy groups -OCH3 is 1. The molecule has 2 aromatic rings. The van der Waals surface area contributed by atoms with Crippen LogP contribution in [0.25, 0.3) is 10.8 Å². The van der Waals surface area contributed by atoms with Gasteiger partial charge in [-0.1, -0.05) is 12.1 Å². The zero-order valence-corrected chi connectivity index (χ0v) is 12.6. The van der Waals surface area contributed by atoms with Gasteiger partial charge in [0.05, 0.1) is 7.11 Å². The number of nitrogens with one attached hydrogen (secondary N) is 2. The number of carbonyl (C=O) groups excluding carboxylic acids is 1. The molecule has 5 heteroatoms. The summed E-state index contributed by atoms with van der Waals surface area (Å²) in [6.45, 7) is 4.44. The molecule has 0 saturated carbocycles. The summed E-state index contributed by atoms with van der Waals surface area (Å²) in [6, 6.07) is 7.92. The van der Waals surface area contributed by atoms with Gasteiger partial charge in [0.15, 0.2) is 0 Å². The third kappa shape index (κ3) is 3.84. The van der Waals surface area contributed by atoms with Gasteiger partial charge in [-0.15, -0.1) is 0 Å². The Morgan fingerprint density at radius 2 is 2.10 bits per heavy atom. The zero-order chi connectivity index (χ0) is 15.2. The van der Waals surface area contributed by atoms with Gasteiger partial charge in [-0.05, 0) is 26.0 Å². The normalized spacial score (nSPS) is 10.7. The molecule has 0 bridgehead atoms. The minimum Gasteiger partial charge on any atom is -0.496 e. The number of anilines is 1. The molecule has 112 valence electrons. The van der Waals surface area contributed by atoms with E-state index in [0.717, 1.165) is 22.3 Å². The van der Waals surface area contributed by atoms with Crippen molar-refractivity contribution >= 4 is 22.5 Å². The number of nitrogens with zero attached hydrogens (tertiary/aromatic N) is 1. The molecular formula is C16H21N3O2. The van der Waals surface area contributed by atoms with E-state index in [0.29, 0.717) is 13.0 Å². The van der Waals surface area contributed by atoms with Crippen LogP contribution in [-0.2, 0) is 4.79 Å². The second kappa shape index (κ2) is 6.92. The van der Waals surface area contributed by atoms with Crippen LogP contribution in [0.3, 0.4) is 0 Å². The Balaban J connectivity index is 2.07. The van der Waals surface area contributed by atoms with E-state index in [1.807, 2.05) is 38.1 Å². The van der Waals surface area contributed by atoms with Crippen molar-refractivity contribution in [3.8, 4) is 5.75 Å². The summed E-state index contributed by atoms with van der Waals surface area (Å²) in [4.78, 5) is 16.0. The van der Waals surface area contributed by atoms with Gasteiger partial charge < -0.3 is 15.4 Å². The summed E-state index contributed by atoms with van der Waals surface area (Å²) in [5, 5.41) is 8.07. The van der Waals surface area contributed by atoms with Crippen LogP contribution in [0.2, 0.25) is 0 Å². The van der Waals surface area contributed by atoms with Gasteiger partial charge in [-0.2, -0.15) is 0 Å². The third-order valence-electron chi connectivity index (χ3n) is 3.08. The average Bonchev–Trinajstić information content (AvgIpc) is 2.46. The molecule has 0 aliphatic carbocycles. The van der Waals surface area contributed by atoms with Crippen molar-refractivity contribution < 1.29 is 9.53 Å². The Morgan fingerprint density at radius 3 is 2.81 bits per heavy atom. The average molecular weight is 287 g/mol. The van der Waals surface area contributed by atoms with Crippen LogP contribution in [0.4, 0.5) is 5.82 Å². The summed E-state index contributed by atoms with van der Waals surface area (Å²) in [5.74, 6) is 1.62. The van der Waals surface area contributed by atoms with Gasteiger partial charge in [0.1, 0.15) is 11.6 Å². The molecule has 2 rings (SSSR count). The van der Waals surface area contributed by atoms with E-state index in [1.54, 1.807) is 13.3 Å². The smallest absolute Gasteiger partial charge is 0.221 e. The Morgan fingerprint density at radius 1 is 1.29 bits per heavy atom. The van der Waals surface area contributed by atoms with E-state index in [9.17, 15) is 4.79 Å². The number of hydrogen-bond donors (Lipinski definition) is 2. The fraction of sp³-hybridized carbons (Fsp3) is 0.375. The number of aromatic nitrogens is 1. The lowest BCUT2D eigenvalue weighted by molar-refractivity contribution is -0.121. The largest absolute Gasteiger partial charge is 0.496 e. The van der Waals surface area contributed by atoms with E-state index in [-0.39, 0.29) is 11.9 Å². The van der Waals surface area contributed by atoms with Crippen molar-refractivity contribution in [1.29, 1.82) is 0 Å². The van der Waals surface area contributed by atoms with E-state index in [4.69, 9.17) is 4.74 Å². The summed E-state index contributed by atoms with van der Waals surface area (Å²) in [7, 11) is 1.65. The van der Waals surface area contributed by atoms with Crippen molar-refractivity contribution in [1.82, 2.24) is 10.3 Å². The topological polar surface area (TPSA) is 63.2 Å². The van der Waals surface area contributed by atoms with E-state index < -0.39 is 0 Å². The van der Waals surface area contributed by atoms with E-state index in [2.05, 4.69) is 15.6 Å². The van der Waals surface area contributed by atoms with Crippen LogP contribution in [-0.4, -0.2) is 30.6 Å². The summed E-state index contributed by atoms with van der Waals surface area (Å²) in [5.41, 5.74) is 0. The highest BCUT2D eigenvalue weighted by Crippen LogP contribution is 2.28. The Kier molecular flexibility index (Phi) is 4.98. The molecule has 0 spiro atoms. The minimum atomic E-state index is 0.0373. The second-order valence-corrected chi connectivity index (χ2v) is 5.11. The molecule has 0 radical (unpaired) electrons. The number of ether oxygens (including phenoxy) is 1. The first kappa shape index (κ1) is 15.1. The molecule has 0 aliphatic rings. The van der Waals surface area contributed by atoms with Crippen molar-refractivity contribution in [2.24, 2.45) is 0 Å². The molecular weight excluding hydrogens is 266 g/mol. The molecule has 2 N–H and O–H groups in total. The molecule has 5 nitrogen and oxygen atoms in total. The highest BCUT2D eigenvalue weighted by atomic mass is 16.5. The fourth-order valence-corrected chi connectivity index (χ4v) is 2.19. The molecule has 0 fully saturated rings. The molecule has 0 unspecified atom stereocenters. The first-order chi connectivity index (χ1) is 10.1. The molecule has 1 heterocycles. The highest BCUT2D eigenvalue weighted by Gasteiger charge is 2.07. The molecule has 21 heavy (non-hydrogen) atoms. The maximum Gasteiger partial charge on any atom is 0.221 e. The van der Waals surface area contributed by atoms with Gasteiger partial charge in [0.25, 0.3) is 0 Å². The summed E-state index contributed by atoms with van der Waals surface area (Å²) < 4.78 is 5.35. The van der Waals surface area contributed by atoms with E-state index in [1.165, 1.54) is 0 Å². The Bertz CT molecular complexity index is 626. The maximum atomic E-state index is 11.6. The number of pyridine rings is 1. The number of benzene rings is 1. The molecule has 0 atom stereocenters. The van der Waals surface area contributed by atoms with Gasteiger partial charge in [-0.25, -0.2) is 4.98 Å². The van der Waals surface area contributed by atoms with Crippen LogP contribution in [0.15, 0.2) is 30.5 Å². The van der Waals surface area contributed by atoms with Crippen molar-refractivity contribution in [2.45, 2.75) is 26.3 Å². The number of amides is 1. The van der Waals surface area contributed by atoms with Gasteiger partial charge in [-0.3, -0.25) is 4.79 Å². The lowest BCUT2D eigenvalue weighted by Gasteiger charge is -2.11. The number of hydrogen-bond acceptors (Lipinski definition) is 4. The molecule has 0 saturated heterocycles. The van der Waals surface area contributed by atoms with Crippen molar-refractivity contribution in [3.63, 3.8) is 0 Å². The standard InChI is InChI=1S/C16H21N3O2/c1-11(2)19-15(20)8-10-18-16-13-5-4-6-14(21-3)12(13)7-9-17-16/h4-7,9,11H,8,10H2,1-3H3,(H,17,18)(H,19,20). The predicted molar refractivity (Wildman–Crippen MR) is 84.7 cm³/mol. The zero-order valence-electron chi connectivity index (χ0n) is 12.6. The Labute approximate surface area is 124 Å². The van der Waals surface area contributed by atoms with Crippen LogP contribution < -0.4 is 15.4 Å². The summed E-state index contributed by atoms with van der Waals surface area (Å²) in [6.07, 6.45) is 2.15. The van der Waals surface area contributed by atoms with Crippen molar-refractivity contribution in [2.75, 3.05) is 19.0 Å². The predicted octanol–water partition coefficient (Wildman–Crippen LogP) is 2.57. The number of carbonyl (C=O) groups is 1. The lowest BCUT2D eigenvalue weighted by atomic mass is 10.1. The molecule has 1 amide bonds. The molecule has 1 aromatic carbocycles. The monoisotopic (exact) mass is 287 g/mol. The van der Waals surface area contributed by atoms with Gasteiger partial charge in [0.2, 0.25) is 5.91 Å². The number of fused-ring (bicyclic) bond motifs is 1. The van der Waals surface area contributed by atoms with Crippen molar-refractivity contribution in [3.05, 3.63) is 30.5 Å². The van der Waals surface area contributed by atoms with Gasteiger partial charge in [0, 0.05) is 36.0 Å². The molecule has 1 aromatic heterocycles.